The van der Waals surface area contributed by atoms with Crippen molar-refractivity contribution in [3.63, 3.8) is 0 Å². The van der Waals surface area contributed by atoms with Gasteiger partial charge in [0.2, 0.25) is 5.91 Å². The molecule has 2 aromatic rings. The third-order valence-electron chi connectivity index (χ3n) is 3.15. The summed E-state index contributed by atoms with van der Waals surface area (Å²) in [6.07, 6.45) is 3.09. The molecule has 1 aromatic heterocycles. The van der Waals surface area contributed by atoms with Crippen molar-refractivity contribution in [3.05, 3.63) is 36.0 Å². The molecule has 1 aromatic carbocycles. The lowest BCUT2D eigenvalue weighted by Gasteiger charge is -2.17. The molecule has 0 bridgehead atoms. The molecule has 0 aliphatic rings. The summed E-state index contributed by atoms with van der Waals surface area (Å²) in [7, 11) is 0. The minimum absolute atomic E-state index is 0.0452. The summed E-state index contributed by atoms with van der Waals surface area (Å²) in [4.78, 5) is 14.9. The van der Waals surface area contributed by atoms with Crippen LogP contribution >= 0.6 is 0 Å². The van der Waals surface area contributed by atoms with E-state index in [2.05, 4.69) is 16.4 Å². The number of aromatic amines is 1. The molecule has 0 saturated heterocycles. The number of carbonyl (C=O) groups is 1. The Morgan fingerprint density at radius 2 is 2.11 bits per heavy atom. The summed E-state index contributed by atoms with van der Waals surface area (Å²) in [5, 5.41) is 4.09. The number of nitrogens with one attached hydrogen (secondary N) is 2. The fourth-order valence-electron chi connectivity index (χ4n) is 2.00. The Morgan fingerprint density at radius 1 is 1.37 bits per heavy atom. The predicted molar refractivity (Wildman–Crippen MR) is 77.6 cm³/mol. The summed E-state index contributed by atoms with van der Waals surface area (Å²) in [6.45, 7) is 4.41. The van der Waals surface area contributed by atoms with Gasteiger partial charge in [0.25, 0.3) is 0 Å². The molecular weight excluding hydrogens is 238 g/mol. The second kappa shape index (κ2) is 5.45. The molecule has 0 spiro atoms. The van der Waals surface area contributed by atoms with E-state index in [-0.39, 0.29) is 11.4 Å². The zero-order chi connectivity index (χ0) is 13.9. The highest BCUT2D eigenvalue weighted by Crippen LogP contribution is 2.17. The average molecular weight is 259 g/mol. The topological polar surface area (TPSA) is 70.9 Å². The van der Waals surface area contributed by atoms with Crippen LogP contribution in [0, 0.1) is 0 Å². The number of amides is 1. The Kier molecular flexibility index (Phi) is 3.90. The summed E-state index contributed by atoms with van der Waals surface area (Å²) in [6, 6.07) is 8.07. The van der Waals surface area contributed by atoms with Gasteiger partial charge in [0.15, 0.2) is 0 Å². The van der Waals surface area contributed by atoms with Gasteiger partial charge in [0.1, 0.15) is 0 Å². The lowest BCUT2D eigenvalue weighted by atomic mass is 10.00. The maximum absolute atomic E-state index is 11.7. The van der Waals surface area contributed by atoms with Crippen LogP contribution in [0.15, 0.2) is 30.5 Å². The van der Waals surface area contributed by atoms with Crippen LogP contribution in [-0.2, 0) is 11.3 Å². The van der Waals surface area contributed by atoms with E-state index < -0.39 is 0 Å². The van der Waals surface area contributed by atoms with Gasteiger partial charge in [0, 0.05) is 35.6 Å². The van der Waals surface area contributed by atoms with Crippen molar-refractivity contribution in [3.8, 4) is 0 Å². The van der Waals surface area contributed by atoms with Gasteiger partial charge in [0.05, 0.1) is 0 Å². The number of rotatable bonds is 5. The van der Waals surface area contributed by atoms with Crippen LogP contribution in [0.3, 0.4) is 0 Å². The van der Waals surface area contributed by atoms with Gasteiger partial charge in [-0.3, -0.25) is 4.79 Å². The fraction of sp³-hybridized carbons (Fsp3) is 0.400. The van der Waals surface area contributed by atoms with Crippen molar-refractivity contribution in [1.82, 2.24) is 10.3 Å². The number of carbonyl (C=O) groups excluding carboxylic acids is 1. The lowest BCUT2D eigenvalue weighted by Crippen LogP contribution is -2.34. The normalized spacial score (nSPS) is 11.7. The minimum atomic E-state index is -0.294. The van der Waals surface area contributed by atoms with E-state index in [9.17, 15) is 4.79 Å². The molecule has 19 heavy (non-hydrogen) atoms. The molecule has 102 valence electrons. The SMILES string of the molecule is CC(C)(N)CCC(=O)NCc1c[nH]c2ccccc12. The molecule has 1 heterocycles. The van der Waals surface area contributed by atoms with Crippen LogP contribution in [0.25, 0.3) is 10.9 Å². The van der Waals surface area contributed by atoms with Crippen LogP contribution in [0.1, 0.15) is 32.3 Å². The number of fused-ring (bicyclic) bond motifs is 1. The van der Waals surface area contributed by atoms with Gasteiger partial charge < -0.3 is 16.0 Å². The number of benzene rings is 1. The minimum Gasteiger partial charge on any atom is -0.361 e. The Hall–Kier alpha value is -1.81. The third kappa shape index (κ3) is 3.83. The monoisotopic (exact) mass is 259 g/mol. The Labute approximate surface area is 113 Å². The molecule has 4 nitrogen and oxygen atoms in total. The van der Waals surface area contributed by atoms with Crippen LogP contribution in [0.5, 0.6) is 0 Å². The van der Waals surface area contributed by atoms with Gasteiger partial charge >= 0.3 is 0 Å². The van der Waals surface area contributed by atoms with Gasteiger partial charge in [-0.2, -0.15) is 0 Å². The van der Waals surface area contributed by atoms with E-state index in [0.717, 1.165) is 16.5 Å². The second-order valence-electron chi connectivity index (χ2n) is 5.62. The smallest absolute Gasteiger partial charge is 0.220 e. The van der Waals surface area contributed by atoms with Crippen LogP contribution in [0.2, 0.25) is 0 Å². The van der Waals surface area contributed by atoms with Crippen LogP contribution in [0.4, 0.5) is 0 Å². The number of para-hydroxylation sites is 1. The highest BCUT2D eigenvalue weighted by Gasteiger charge is 2.13. The largest absolute Gasteiger partial charge is 0.361 e. The number of hydrogen-bond donors (Lipinski definition) is 3. The summed E-state index contributed by atoms with van der Waals surface area (Å²) in [5.41, 5.74) is 7.77. The van der Waals surface area contributed by atoms with Crippen molar-refractivity contribution in [1.29, 1.82) is 0 Å². The van der Waals surface area contributed by atoms with E-state index in [1.807, 2.05) is 38.2 Å². The Bertz CT molecular complexity index is 566. The van der Waals surface area contributed by atoms with E-state index in [1.165, 1.54) is 0 Å². The Morgan fingerprint density at radius 3 is 2.84 bits per heavy atom. The van der Waals surface area contributed by atoms with Crippen LogP contribution < -0.4 is 11.1 Å². The second-order valence-corrected chi connectivity index (χ2v) is 5.62. The zero-order valence-corrected chi connectivity index (χ0v) is 11.5. The first-order valence-corrected chi connectivity index (χ1v) is 6.56. The zero-order valence-electron chi connectivity index (χ0n) is 11.5. The lowest BCUT2D eigenvalue weighted by molar-refractivity contribution is -0.121. The first-order valence-electron chi connectivity index (χ1n) is 6.56. The summed E-state index contributed by atoms with van der Waals surface area (Å²) in [5.74, 6) is 0.0452. The molecule has 0 aliphatic heterocycles. The van der Waals surface area contributed by atoms with Crippen molar-refractivity contribution < 1.29 is 4.79 Å². The van der Waals surface area contributed by atoms with Gasteiger partial charge in [-0.15, -0.1) is 0 Å². The van der Waals surface area contributed by atoms with E-state index in [0.29, 0.717) is 19.4 Å². The van der Waals surface area contributed by atoms with E-state index in [1.54, 1.807) is 0 Å². The number of hydrogen-bond acceptors (Lipinski definition) is 2. The summed E-state index contributed by atoms with van der Waals surface area (Å²) >= 11 is 0. The summed E-state index contributed by atoms with van der Waals surface area (Å²) < 4.78 is 0. The first kappa shape index (κ1) is 13.6. The number of nitrogens with two attached hydrogens (primary N) is 1. The fourth-order valence-corrected chi connectivity index (χ4v) is 2.00. The third-order valence-corrected chi connectivity index (χ3v) is 3.15. The predicted octanol–water partition coefficient (Wildman–Crippen LogP) is 2.30. The van der Waals surface area contributed by atoms with Gasteiger partial charge in [-0.05, 0) is 31.9 Å². The number of H-pyrrole nitrogens is 1. The molecule has 1 amide bonds. The first-order chi connectivity index (χ1) is 8.96. The van der Waals surface area contributed by atoms with Gasteiger partial charge in [-0.25, -0.2) is 0 Å². The van der Waals surface area contributed by atoms with Crippen molar-refractivity contribution in [2.45, 2.75) is 38.8 Å². The maximum atomic E-state index is 11.7. The molecule has 0 fully saturated rings. The van der Waals surface area contributed by atoms with E-state index >= 15 is 0 Å². The molecule has 4 N–H and O–H groups in total. The average Bonchev–Trinajstić information content (AvgIpc) is 2.76. The van der Waals surface area contributed by atoms with Crippen molar-refractivity contribution in [2.75, 3.05) is 0 Å². The molecule has 4 heteroatoms. The highest BCUT2D eigenvalue weighted by molar-refractivity contribution is 5.83. The molecule has 0 aliphatic carbocycles. The number of aromatic nitrogens is 1. The molecule has 0 atom stereocenters. The van der Waals surface area contributed by atoms with Gasteiger partial charge in [-0.1, -0.05) is 18.2 Å². The maximum Gasteiger partial charge on any atom is 0.220 e. The molecule has 0 radical (unpaired) electrons. The van der Waals surface area contributed by atoms with E-state index in [4.69, 9.17) is 5.73 Å². The molecular formula is C15H21N3O. The Balaban J connectivity index is 1.90. The quantitative estimate of drug-likeness (QED) is 0.771. The molecule has 0 saturated carbocycles. The van der Waals surface area contributed by atoms with Crippen LogP contribution in [-0.4, -0.2) is 16.4 Å². The van der Waals surface area contributed by atoms with Crippen molar-refractivity contribution >= 4 is 16.8 Å². The molecule has 2 rings (SSSR count). The highest BCUT2D eigenvalue weighted by atomic mass is 16.1. The van der Waals surface area contributed by atoms with Crippen molar-refractivity contribution in [2.24, 2.45) is 5.73 Å². The standard InChI is InChI=1S/C15H21N3O/c1-15(2,16)8-7-14(19)18-10-11-9-17-13-6-4-3-5-12(11)13/h3-6,9,17H,7-8,10,16H2,1-2H3,(H,18,19). The molecule has 0 unspecified atom stereocenters.